The number of alkyl halides is 1. The third kappa shape index (κ3) is 1.67. The molecule has 1 atom stereocenters. The second kappa shape index (κ2) is 3.83. The highest BCUT2D eigenvalue weighted by atomic mass is 79.9. The van der Waals surface area contributed by atoms with Crippen molar-refractivity contribution in [2.45, 2.75) is 10.7 Å². The number of carbonyl (C=O) groups excluding carboxylic acids is 3. The van der Waals surface area contributed by atoms with Crippen LogP contribution in [0.3, 0.4) is 0 Å². The molecule has 0 aliphatic carbocycles. The SMILES string of the molecule is O=C1CC(Br)(C(=O)c2ccccc2)C(=O)N1. The maximum atomic E-state index is 12.1. The first-order chi connectivity index (χ1) is 7.54. The van der Waals surface area contributed by atoms with E-state index in [9.17, 15) is 14.4 Å². The van der Waals surface area contributed by atoms with Crippen LogP contribution in [-0.4, -0.2) is 21.9 Å². The molecule has 0 spiro atoms. The van der Waals surface area contributed by atoms with Gasteiger partial charge in [-0.25, -0.2) is 0 Å². The van der Waals surface area contributed by atoms with Crippen molar-refractivity contribution in [3.8, 4) is 0 Å². The van der Waals surface area contributed by atoms with E-state index in [2.05, 4.69) is 21.2 Å². The Bertz CT molecular complexity index is 471. The maximum Gasteiger partial charge on any atom is 0.251 e. The number of halogens is 1. The van der Waals surface area contributed by atoms with E-state index in [1.165, 1.54) is 0 Å². The van der Waals surface area contributed by atoms with Gasteiger partial charge in [-0.15, -0.1) is 0 Å². The van der Waals surface area contributed by atoms with Crippen molar-refractivity contribution in [2.75, 3.05) is 0 Å². The van der Waals surface area contributed by atoms with E-state index in [1.807, 2.05) is 0 Å². The van der Waals surface area contributed by atoms with Crippen LogP contribution in [0.1, 0.15) is 16.8 Å². The Balaban J connectivity index is 2.36. The monoisotopic (exact) mass is 281 g/mol. The molecule has 1 unspecified atom stereocenters. The Morgan fingerprint density at radius 3 is 2.38 bits per heavy atom. The van der Waals surface area contributed by atoms with Gasteiger partial charge in [-0.05, 0) is 0 Å². The third-order valence-corrected chi connectivity index (χ3v) is 3.41. The van der Waals surface area contributed by atoms with E-state index in [0.717, 1.165) is 0 Å². The van der Waals surface area contributed by atoms with Crippen molar-refractivity contribution < 1.29 is 14.4 Å². The molecule has 2 rings (SSSR count). The number of ketones is 1. The molecule has 1 N–H and O–H groups in total. The fraction of sp³-hybridized carbons (Fsp3) is 0.182. The van der Waals surface area contributed by atoms with Gasteiger partial charge in [0.1, 0.15) is 0 Å². The largest absolute Gasteiger partial charge is 0.295 e. The summed E-state index contributed by atoms with van der Waals surface area (Å²) in [6.45, 7) is 0. The van der Waals surface area contributed by atoms with Gasteiger partial charge in [0.05, 0.1) is 6.42 Å². The first kappa shape index (κ1) is 11.0. The van der Waals surface area contributed by atoms with E-state index in [-0.39, 0.29) is 6.42 Å². The number of carbonyl (C=O) groups is 3. The number of rotatable bonds is 2. The molecule has 82 valence electrons. The van der Waals surface area contributed by atoms with E-state index >= 15 is 0 Å². The minimum absolute atomic E-state index is 0.153. The lowest BCUT2D eigenvalue weighted by atomic mass is 9.96. The lowest BCUT2D eigenvalue weighted by molar-refractivity contribution is -0.125. The van der Waals surface area contributed by atoms with Crippen molar-refractivity contribution in [3.63, 3.8) is 0 Å². The fourth-order valence-corrected chi connectivity index (χ4v) is 2.16. The van der Waals surface area contributed by atoms with Crippen molar-refractivity contribution in [2.24, 2.45) is 0 Å². The van der Waals surface area contributed by atoms with Gasteiger partial charge in [-0.3, -0.25) is 19.7 Å². The first-order valence-electron chi connectivity index (χ1n) is 4.67. The second-order valence-electron chi connectivity index (χ2n) is 3.55. The molecule has 1 aromatic carbocycles. The van der Waals surface area contributed by atoms with Crippen LogP contribution < -0.4 is 5.32 Å². The summed E-state index contributed by atoms with van der Waals surface area (Å²) in [4.78, 5) is 34.7. The number of hydrogen-bond donors (Lipinski definition) is 1. The van der Waals surface area contributed by atoms with Gasteiger partial charge in [0, 0.05) is 5.56 Å². The standard InChI is InChI=1S/C11H8BrNO3/c12-11(6-8(14)13-10(11)16)9(15)7-4-2-1-3-5-7/h1-5H,6H2,(H,13,14,16). The summed E-state index contributed by atoms with van der Waals surface area (Å²) in [6, 6.07) is 8.41. The van der Waals surface area contributed by atoms with Crippen LogP contribution in [0, 0.1) is 0 Å². The third-order valence-electron chi connectivity index (χ3n) is 2.41. The molecule has 0 saturated carbocycles. The normalized spacial score (nSPS) is 24.3. The quantitative estimate of drug-likeness (QED) is 0.381. The van der Waals surface area contributed by atoms with Crippen molar-refractivity contribution in [1.82, 2.24) is 5.32 Å². The Kier molecular flexibility index (Phi) is 2.63. The minimum atomic E-state index is -1.44. The lowest BCUT2D eigenvalue weighted by Gasteiger charge is -2.15. The summed E-state index contributed by atoms with van der Waals surface area (Å²) in [5.74, 6) is -1.42. The zero-order chi connectivity index (χ0) is 11.8. The predicted molar refractivity (Wildman–Crippen MR) is 60.2 cm³/mol. The molecule has 2 amide bonds. The van der Waals surface area contributed by atoms with Crippen molar-refractivity contribution in [3.05, 3.63) is 35.9 Å². The van der Waals surface area contributed by atoms with Crippen LogP contribution in [0.2, 0.25) is 0 Å². The smallest absolute Gasteiger partial charge is 0.251 e. The van der Waals surface area contributed by atoms with Gasteiger partial charge in [0.15, 0.2) is 10.1 Å². The summed E-state index contributed by atoms with van der Waals surface area (Å²) < 4.78 is -1.44. The summed E-state index contributed by atoms with van der Waals surface area (Å²) in [6.07, 6.45) is -0.153. The molecular formula is C11H8BrNO3. The average molecular weight is 282 g/mol. The van der Waals surface area contributed by atoms with Gasteiger partial charge < -0.3 is 0 Å². The van der Waals surface area contributed by atoms with Crippen molar-refractivity contribution >= 4 is 33.5 Å². The van der Waals surface area contributed by atoms with Gasteiger partial charge >= 0.3 is 0 Å². The molecule has 1 saturated heterocycles. The summed E-state index contributed by atoms with van der Waals surface area (Å²) in [5, 5.41) is 2.11. The van der Waals surface area contributed by atoms with Gasteiger partial charge in [0.25, 0.3) is 5.91 Å². The fourth-order valence-electron chi connectivity index (χ4n) is 1.57. The molecule has 5 heteroatoms. The van der Waals surface area contributed by atoms with Gasteiger partial charge in [0.2, 0.25) is 5.91 Å². The minimum Gasteiger partial charge on any atom is -0.295 e. The molecule has 1 fully saturated rings. The molecule has 0 bridgehead atoms. The highest BCUT2D eigenvalue weighted by molar-refractivity contribution is 9.10. The van der Waals surface area contributed by atoms with E-state index in [4.69, 9.17) is 0 Å². The topological polar surface area (TPSA) is 63.2 Å². The Hall–Kier alpha value is -1.49. The number of Topliss-reactive ketones (excluding diaryl/α,β-unsaturated/α-hetero) is 1. The molecule has 1 aromatic rings. The van der Waals surface area contributed by atoms with E-state index in [1.54, 1.807) is 30.3 Å². The Morgan fingerprint density at radius 2 is 1.88 bits per heavy atom. The zero-order valence-electron chi connectivity index (χ0n) is 8.20. The first-order valence-corrected chi connectivity index (χ1v) is 5.46. The van der Waals surface area contributed by atoms with Crippen LogP contribution in [0.15, 0.2) is 30.3 Å². The number of hydrogen-bond acceptors (Lipinski definition) is 3. The second-order valence-corrected chi connectivity index (χ2v) is 4.90. The van der Waals surface area contributed by atoms with E-state index in [0.29, 0.717) is 5.56 Å². The Labute approximate surface area is 100 Å². The van der Waals surface area contributed by atoms with Gasteiger partial charge in [-0.1, -0.05) is 46.3 Å². The molecule has 16 heavy (non-hydrogen) atoms. The average Bonchev–Trinajstić information content (AvgIpc) is 2.54. The number of amides is 2. The molecule has 0 radical (unpaired) electrons. The van der Waals surface area contributed by atoms with Gasteiger partial charge in [-0.2, -0.15) is 0 Å². The molecule has 1 aliphatic heterocycles. The molecule has 0 aromatic heterocycles. The molecule has 1 aliphatic rings. The van der Waals surface area contributed by atoms with E-state index < -0.39 is 21.9 Å². The van der Waals surface area contributed by atoms with Crippen LogP contribution in [-0.2, 0) is 9.59 Å². The Morgan fingerprint density at radius 1 is 1.25 bits per heavy atom. The zero-order valence-corrected chi connectivity index (χ0v) is 9.78. The number of imide groups is 1. The highest BCUT2D eigenvalue weighted by Gasteiger charge is 2.50. The van der Waals surface area contributed by atoms with Crippen molar-refractivity contribution in [1.29, 1.82) is 0 Å². The number of benzene rings is 1. The summed E-state index contributed by atoms with van der Waals surface area (Å²) >= 11 is 3.07. The van der Waals surface area contributed by atoms with Crippen LogP contribution in [0.5, 0.6) is 0 Å². The van der Waals surface area contributed by atoms with Crippen LogP contribution in [0.25, 0.3) is 0 Å². The molecule has 1 heterocycles. The lowest BCUT2D eigenvalue weighted by Crippen LogP contribution is -2.39. The molecule has 4 nitrogen and oxygen atoms in total. The van der Waals surface area contributed by atoms with Crippen LogP contribution in [0.4, 0.5) is 0 Å². The summed E-state index contributed by atoms with van der Waals surface area (Å²) in [5.41, 5.74) is 0.407. The molecular weight excluding hydrogens is 274 g/mol. The maximum absolute atomic E-state index is 12.1. The number of nitrogens with one attached hydrogen (secondary N) is 1. The highest BCUT2D eigenvalue weighted by Crippen LogP contribution is 2.31. The summed E-state index contributed by atoms with van der Waals surface area (Å²) in [7, 11) is 0. The van der Waals surface area contributed by atoms with Crippen LogP contribution >= 0.6 is 15.9 Å². The predicted octanol–water partition coefficient (Wildman–Crippen LogP) is 1.05.